The van der Waals surface area contributed by atoms with Crippen molar-refractivity contribution in [2.24, 2.45) is 0 Å². The van der Waals surface area contributed by atoms with Crippen LogP contribution in [0.15, 0.2) is 48.5 Å². The molecule has 1 atom stereocenters. The first-order valence-corrected chi connectivity index (χ1v) is 8.31. The van der Waals surface area contributed by atoms with Gasteiger partial charge in [0.2, 0.25) is 0 Å². The zero-order valence-corrected chi connectivity index (χ0v) is 14.1. The molecule has 2 heterocycles. The van der Waals surface area contributed by atoms with E-state index in [0.717, 1.165) is 10.9 Å². The molecule has 0 bridgehead atoms. The molecule has 1 aliphatic heterocycles. The third-order valence-electron chi connectivity index (χ3n) is 4.58. The molecule has 26 heavy (non-hydrogen) atoms. The molecule has 1 unspecified atom stereocenters. The summed E-state index contributed by atoms with van der Waals surface area (Å²) in [4.78, 5) is 24.7. The Labute approximate surface area is 150 Å². The molecule has 4 rings (SSSR count). The van der Waals surface area contributed by atoms with E-state index in [-0.39, 0.29) is 17.9 Å². The van der Waals surface area contributed by atoms with Gasteiger partial charge in [0.25, 0.3) is 11.8 Å². The highest BCUT2D eigenvalue weighted by molar-refractivity contribution is 6.07. The Morgan fingerprint density at radius 1 is 1.27 bits per heavy atom. The molecule has 0 saturated heterocycles. The molecule has 2 amide bonds. The molecule has 2 N–H and O–H groups in total. The van der Waals surface area contributed by atoms with Crippen LogP contribution in [0, 0.1) is 11.3 Å². The van der Waals surface area contributed by atoms with Crippen LogP contribution in [0.5, 0.6) is 0 Å². The van der Waals surface area contributed by atoms with Crippen molar-refractivity contribution in [3.8, 4) is 6.07 Å². The van der Waals surface area contributed by atoms with E-state index in [2.05, 4.69) is 16.7 Å². The van der Waals surface area contributed by atoms with Crippen molar-refractivity contribution in [3.05, 3.63) is 65.4 Å². The number of nitrogens with zero attached hydrogens (tertiary/aromatic N) is 2. The molecule has 3 aromatic rings. The Morgan fingerprint density at radius 2 is 2.12 bits per heavy atom. The minimum Gasteiger partial charge on any atom is -0.349 e. The van der Waals surface area contributed by atoms with Crippen LogP contribution < -0.4 is 10.6 Å². The third-order valence-corrected chi connectivity index (χ3v) is 4.58. The molecule has 1 aromatic heterocycles. The number of benzene rings is 2. The summed E-state index contributed by atoms with van der Waals surface area (Å²) >= 11 is 0. The van der Waals surface area contributed by atoms with Gasteiger partial charge in [-0.15, -0.1) is 0 Å². The number of nitriles is 1. The highest BCUT2D eigenvalue weighted by Crippen LogP contribution is 2.27. The number of fused-ring (bicyclic) bond motifs is 3. The van der Waals surface area contributed by atoms with Crippen LogP contribution >= 0.6 is 0 Å². The first kappa shape index (κ1) is 15.9. The number of hydrogen-bond donors (Lipinski definition) is 2. The van der Waals surface area contributed by atoms with Crippen LogP contribution in [0.2, 0.25) is 0 Å². The quantitative estimate of drug-likeness (QED) is 0.749. The van der Waals surface area contributed by atoms with E-state index < -0.39 is 0 Å². The van der Waals surface area contributed by atoms with Gasteiger partial charge in [-0.2, -0.15) is 5.26 Å². The summed E-state index contributed by atoms with van der Waals surface area (Å²) in [7, 11) is 0. The summed E-state index contributed by atoms with van der Waals surface area (Å²) < 4.78 is 1.97. The summed E-state index contributed by atoms with van der Waals surface area (Å²) in [5.74, 6) is -0.357. The number of rotatable bonds is 2. The van der Waals surface area contributed by atoms with Crippen LogP contribution in [0.1, 0.15) is 39.4 Å². The Kier molecular flexibility index (Phi) is 3.70. The molecule has 6 heteroatoms. The fraction of sp³-hybridized carbons (Fsp3) is 0.150. The Bertz CT molecular complexity index is 1090. The van der Waals surface area contributed by atoms with Crippen molar-refractivity contribution in [2.45, 2.75) is 13.0 Å². The number of nitrogens with one attached hydrogen (secondary N) is 2. The number of hydrogen-bond acceptors (Lipinski definition) is 3. The van der Waals surface area contributed by atoms with E-state index in [1.54, 1.807) is 36.4 Å². The Hall–Kier alpha value is -3.59. The molecule has 0 saturated carbocycles. The van der Waals surface area contributed by atoms with Crippen LogP contribution in [0.25, 0.3) is 10.9 Å². The molecule has 2 aromatic carbocycles. The van der Waals surface area contributed by atoms with Crippen molar-refractivity contribution in [2.75, 3.05) is 11.9 Å². The second-order valence-electron chi connectivity index (χ2n) is 6.38. The topological polar surface area (TPSA) is 86.9 Å². The minimum absolute atomic E-state index is 0.0985. The van der Waals surface area contributed by atoms with Crippen molar-refractivity contribution < 1.29 is 9.59 Å². The van der Waals surface area contributed by atoms with E-state index in [4.69, 9.17) is 5.26 Å². The van der Waals surface area contributed by atoms with Crippen LogP contribution in [0.3, 0.4) is 0 Å². The van der Waals surface area contributed by atoms with Gasteiger partial charge < -0.3 is 15.2 Å². The van der Waals surface area contributed by atoms with Gasteiger partial charge in [-0.1, -0.05) is 12.1 Å². The van der Waals surface area contributed by atoms with Gasteiger partial charge in [-0.05, 0) is 43.3 Å². The summed E-state index contributed by atoms with van der Waals surface area (Å²) in [6, 6.07) is 16.2. The highest BCUT2D eigenvalue weighted by Gasteiger charge is 2.24. The summed E-state index contributed by atoms with van der Waals surface area (Å²) in [5.41, 5.74) is 3.02. The van der Waals surface area contributed by atoms with Crippen LogP contribution in [-0.2, 0) is 0 Å². The fourth-order valence-corrected chi connectivity index (χ4v) is 3.30. The van der Waals surface area contributed by atoms with Gasteiger partial charge >= 0.3 is 0 Å². The molecular weight excluding hydrogens is 328 g/mol. The van der Waals surface area contributed by atoms with Gasteiger partial charge in [0.1, 0.15) is 5.69 Å². The Morgan fingerprint density at radius 3 is 2.92 bits per heavy atom. The largest absolute Gasteiger partial charge is 0.349 e. The SMILES string of the molecule is CC1CNC(=O)c2cc3ccc(C(=O)Nc4cccc(C#N)c4)cc3n21. The summed E-state index contributed by atoms with van der Waals surface area (Å²) in [6.07, 6.45) is 0. The zero-order chi connectivity index (χ0) is 18.3. The summed E-state index contributed by atoms with van der Waals surface area (Å²) in [5, 5.41) is 15.6. The first-order valence-electron chi connectivity index (χ1n) is 8.31. The fourth-order valence-electron chi connectivity index (χ4n) is 3.30. The predicted octanol–water partition coefficient (Wildman–Crippen LogP) is 3.07. The molecular formula is C20H16N4O2. The average molecular weight is 344 g/mol. The number of amides is 2. The van der Waals surface area contributed by atoms with E-state index in [1.165, 1.54) is 0 Å². The molecule has 128 valence electrons. The van der Waals surface area contributed by atoms with E-state index >= 15 is 0 Å². The maximum absolute atomic E-state index is 12.6. The first-order chi connectivity index (χ1) is 12.6. The number of anilines is 1. The Balaban J connectivity index is 1.71. The van der Waals surface area contributed by atoms with Crippen LogP contribution in [-0.4, -0.2) is 22.9 Å². The second kappa shape index (κ2) is 6.05. The molecule has 6 nitrogen and oxygen atoms in total. The standard InChI is InChI=1S/C20H16N4O2/c1-12-11-22-20(26)18-8-14-5-6-15(9-17(14)24(12)18)19(25)23-16-4-2-3-13(7-16)10-21/h2-9,12H,11H2,1H3,(H,22,26)(H,23,25). The van der Waals surface area contributed by atoms with Gasteiger partial charge in [0.05, 0.1) is 11.6 Å². The highest BCUT2D eigenvalue weighted by atomic mass is 16.2. The van der Waals surface area contributed by atoms with Gasteiger partial charge in [-0.3, -0.25) is 9.59 Å². The molecule has 0 fully saturated rings. The maximum Gasteiger partial charge on any atom is 0.268 e. The normalized spacial score (nSPS) is 15.8. The zero-order valence-electron chi connectivity index (χ0n) is 14.1. The smallest absolute Gasteiger partial charge is 0.268 e. The van der Waals surface area contributed by atoms with Crippen molar-refractivity contribution in [1.29, 1.82) is 5.26 Å². The van der Waals surface area contributed by atoms with Crippen molar-refractivity contribution in [1.82, 2.24) is 9.88 Å². The van der Waals surface area contributed by atoms with E-state index in [1.807, 2.05) is 23.6 Å². The minimum atomic E-state index is -0.259. The van der Waals surface area contributed by atoms with E-state index in [0.29, 0.717) is 29.1 Å². The molecule has 0 spiro atoms. The second-order valence-corrected chi connectivity index (χ2v) is 6.38. The number of aromatic nitrogens is 1. The lowest BCUT2D eigenvalue weighted by Crippen LogP contribution is -2.37. The molecule has 0 aliphatic carbocycles. The number of carbonyl (C=O) groups is 2. The van der Waals surface area contributed by atoms with Gasteiger partial charge in [0, 0.05) is 34.7 Å². The lowest BCUT2D eigenvalue weighted by Gasteiger charge is -2.24. The predicted molar refractivity (Wildman–Crippen MR) is 98.1 cm³/mol. The molecule has 0 radical (unpaired) electrons. The summed E-state index contributed by atoms with van der Waals surface area (Å²) in [6.45, 7) is 2.59. The number of carbonyl (C=O) groups excluding carboxylic acids is 2. The lowest BCUT2D eigenvalue weighted by molar-refractivity contribution is 0.0919. The van der Waals surface area contributed by atoms with E-state index in [9.17, 15) is 9.59 Å². The molecule has 1 aliphatic rings. The average Bonchev–Trinajstić information content (AvgIpc) is 3.05. The van der Waals surface area contributed by atoms with Crippen molar-refractivity contribution >= 4 is 28.4 Å². The monoisotopic (exact) mass is 344 g/mol. The van der Waals surface area contributed by atoms with Gasteiger partial charge in [0.15, 0.2) is 0 Å². The van der Waals surface area contributed by atoms with Crippen LogP contribution in [0.4, 0.5) is 5.69 Å². The van der Waals surface area contributed by atoms with Gasteiger partial charge in [-0.25, -0.2) is 0 Å². The van der Waals surface area contributed by atoms with Crippen molar-refractivity contribution in [3.63, 3.8) is 0 Å². The third kappa shape index (κ3) is 2.60. The lowest BCUT2D eigenvalue weighted by atomic mass is 10.1. The maximum atomic E-state index is 12.6.